The first-order chi connectivity index (χ1) is 16.3. The molecule has 4 aromatic rings. The molecule has 0 radical (unpaired) electrons. The van der Waals surface area contributed by atoms with Crippen molar-refractivity contribution in [2.24, 2.45) is 13.0 Å². The molecule has 4 nitrogen and oxygen atoms in total. The number of carboxylic acid groups (broad SMARTS) is 1. The maximum absolute atomic E-state index is 11.2. The van der Waals surface area contributed by atoms with Gasteiger partial charge in [0.2, 0.25) is 0 Å². The van der Waals surface area contributed by atoms with Crippen LogP contribution in [0.1, 0.15) is 48.1 Å². The van der Waals surface area contributed by atoms with E-state index in [1.165, 1.54) is 22.3 Å². The average molecular weight is 455 g/mol. The Kier molecular flexibility index (Phi) is 7.16. The molecule has 34 heavy (non-hydrogen) atoms. The summed E-state index contributed by atoms with van der Waals surface area (Å²) in [6.07, 6.45) is 5.60. The third kappa shape index (κ3) is 5.56. The van der Waals surface area contributed by atoms with Gasteiger partial charge in [0.1, 0.15) is 0 Å². The molecule has 0 unspecified atom stereocenters. The molecular formula is C30H34N2O2. The number of benzene rings is 3. The normalized spacial score (nSPS) is 11.4. The molecule has 0 bridgehead atoms. The highest BCUT2D eigenvalue weighted by molar-refractivity contribution is 5.85. The van der Waals surface area contributed by atoms with Crippen LogP contribution in [0, 0.1) is 12.8 Å². The Labute approximate surface area is 202 Å². The first-order valence-electron chi connectivity index (χ1n) is 12.1. The summed E-state index contributed by atoms with van der Waals surface area (Å²) in [5, 5.41) is 14.7. The van der Waals surface area contributed by atoms with E-state index in [2.05, 4.69) is 80.5 Å². The largest absolute Gasteiger partial charge is 0.481 e. The van der Waals surface area contributed by atoms with Crippen LogP contribution in [0.4, 0.5) is 0 Å². The lowest BCUT2D eigenvalue weighted by atomic mass is 9.89. The summed E-state index contributed by atoms with van der Waals surface area (Å²) >= 11 is 0. The predicted octanol–water partition coefficient (Wildman–Crippen LogP) is 6.55. The summed E-state index contributed by atoms with van der Waals surface area (Å²) in [5.74, 6) is -0.101. The molecule has 0 saturated carbocycles. The summed E-state index contributed by atoms with van der Waals surface area (Å²) in [4.78, 5) is 11.2. The number of aliphatic carboxylic acids is 1. The van der Waals surface area contributed by atoms with Gasteiger partial charge in [-0.3, -0.25) is 9.48 Å². The summed E-state index contributed by atoms with van der Waals surface area (Å²) < 4.78 is 1.89. The highest BCUT2D eigenvalue weighted by Gasteiger charge is 2.13. The van der Waals surface area contributed by atoms with Crippen LogP contribution in [0.25, 0.3) is 22.0 Å². The van der Waals surface area contributed by atoms with Gasteiger partial charge < -0.3 is 5.11 Å². The zero-order valence-electron chi connectivity index (χ0n) is 20.6. The van der Waals surface area contributed by atoms with Crippen molar-refractivity contribution in [3.05, 3.63) is 88.6 Å². The third-order valence-electron chi connectivity index (χ3n) is 6.58. The number of carboxylic acids is 1. The van der Waals surface area contributed by atoms with Crippen LogP contribution < -0.4 is 0 Å². The topological polar surface area (TPSA) is 55.1 Å². The second kappa shape index (κ2) is 10.3. The van der Waals surface area contributed by atoms with Crippen LogP contribution in [-0.2, 0) is 37.5 Å². The quantitative estimate of drug-likeness (QED) is 0.312. The Balaban J connectivity index is 1.65. The average Bonchev–Trinajstić information content (AvgIpc) is 3.17. The van der Waals surface area contributed by atoms with E-state index >= 15 is 0 Å². The van der Waals surface area contributed by atoms with Crippen molar-refractivity contribution >= 4 is 16.9 Å². The number of fused-ring (bicyclic) bond motifs is 1. The number of aryl methyl sites for hydroxylation is 5. The van der Waals surface area contributed by atoms with E-state index in [1.807, 2.05) is 17.9 Å². The van der Waals surface area contributed by atoms with Crippen molar-refractivity contribution < 1.29 is 9.90 Å². The van der Waals surface area contributed by atoms with Crippen molar-refractivity contribution in [3.8, 4) is 11.1 Å². The Morgan fingerprint density at radius 2 is 1.68 bits per heavy atom. The molecule has 0 aliphatic carbocycles. The zero-order valence-corrected chi connectivity index (χ0v) is 20.6. The summed E-state index contributed by atoms with van der Waals surface area (Å²) in [6.45, 7) is 6.59. The molecular weight excluding hydrogens is 420 g/mol. The number of hydrogen-bond donors (Lipinski definition) is 1. The van der Waals surface area contributed by atoms with Gasteiger partial charge in [0, 0.05) is 18.9 Å². The molecule has 1 heterocycles. The minimum Gasteiger partial charge on any atom is -0.481 e. The van der Waals surface area contributed by atoms with Crippen LogP contribution in [0.15, 0.2) is 60.8 Å². The lowest BCUT2D eigenvalue weighted by Gasteiger charge is -2.16. The van der Waals surface area contributed by atoms with Gasteiger partial charge in [0.25, 0.3) is 0 Å². The van der Waals surface area contributed by atoms with Gasteiger partial charge in [-0.1, -0.05) is 56.3 Å². The predicted molar refractivity (Wildman–Crippen MR) is 139 cm³/mol. The second-order valence-electron chi connectivity index (χ2n) is 9.79. The number of nitrogens with zero attached hydrogens (tertiary/aromatic N) is 2. The molecule has 1 N–H and O–H groups in total. The standard InChI is InChI=1S/C30H34N2O2/c1-20(2)15-23-7-5-22(6-8-23)9-10-25-16-21(3)24(12-14-30(33)34)18-28(25)26-11-13-29-27(17-26)19-31-32(29)4/h5-8,11,13,16-20H,9-10,12,14-15H2,1-4H3,(H,33,34). The zero-order chi connectivity index (χ0) is 24.2. The molecule has 0 amide bonds. The van der Waals surface area contributed by atoms with Crippen LogP contribution in [-0.4, -0.2) is 20.9 Å². The second-order valence-corrected chi connectivity index (χ2v) is 9.79. The summed E-state index contributed by atoms with van der Waals surface area (Å²) in [6, 6.07) is 20.0. The lowest BCUT2D eigenvalue weighted by Crippen LogP contribution is -2.02. The number of rotatable bonds is 9. The molecule has 1 aromatic heterocycles. The van der Waals surface area contributed by atoms with Crippen LogP contribution >= 0.6 is 0 Å². The van der Waals surface area contributed by atoms with E-state index in [9.17, 15) is 9.90 Å². The Morgan fingerprint density at radius 3 is 2.38 bits per heavy atom. The van der Waals surface area contributed by atoms with E-state index < -0.39 is 5.97 Å². The molecule has 176 valence electrons. The van der Waals surface area contributed by atoms with E-state index in [-0.39, 0.29) is 6.42 Å². The monoisotopic (exact) mass is 454 g/mol. The van der Waals surface area contributed by atoms with Crippen molar-refractivity contribution in [1.82, 2.24) is 9.78 Å². The highest BCUT2D eigenvalue weighted by atomic mass is 16.4. The number of hydrogen-bond acceptors (Lipinski definition) is 2. The van der Waals surface area contributed by atoms with Gasteiger partial charge in [0.05, 0.1) is 11.7 Å². The van der Waals surface area contributed by atoms with Gasteiger partial charge in [-0.2, -0.15) is 5.10 Å². The Bertz CT molecular complexity index is 1300. The van der Waals surface area contributed by atoms with E-state index in [0.717, 1.165) is 46.9 Å². The van der Waals surface area contributed by atoms with Crippen LogP contribution in [0.5, 0.6) is 0 Å². The smallest absolute Gasteiger partial charge is 0.303 e. The molecule has 0 atom stereocenters. The fraction of sp³-hybridized carbons (Fsp3) is 0.333. The highest BCUT2D eigenvalue weighted by Crippen LogP contribution is 2.31. The molecule has 0 spiro atoms. The van der Waals surface area contributed by atoms with Gasteiger partial charge in [-0.25, -0.2) is 0 Å². The molecule has 4 rings (SSSR count). The molecule has 0 fully saturated rings. The first-order valence-corrected chi connectivity index (χ1v) is 12.1. The fourth-order valence-electron chi connectivity index (χ4n) is 4.72. The molecule has 3 aromatic carbocycles. The van der Waals surface area contributed by atoms with Gasteiger partial charge >= 0.3 is 5.97 Å². The van der Waals surface area contributed by atoms with Crippen molar-refractivity contribution in [3.63, 3.8) is 0 Å². The molecule has 0 saturated heterocycles. The van der Waals surface area contributed by atoms with Crippen molar-refractivity contribution in [2.45, 2.75) is 52.9 Å². The van der Waals surface area contributed by atoms with Crippen LogP contribution in [0.2, 0.25) is 0 Å². The first kappa shape index (κ1) is 23.7. The van der Waals surface area contributed by atoms with Crippen LogP contribution in [0.3, 0.4) is 0 Å². The van der Waals surface area contributed by atoms with E-state index in [4.69, 9.17) is 0 Å². The van der Waals surface area contributed by atoms with E-state index in [1.54, 1.807) is 0 Å². The van der Waals surface area contributed by atoms with Gasteiger partial charge in [-0.05, 0) is 89.6 Å². The number of carbonyl (C=O) groups is 1. The number of aromatic nitrogens is 2. The minimum absolute atomic E-state index is 0.143. The van der Waals surface area contributed by atoms with Gasteiger partial charge in [-0.15, -0.1) is 0 Å². The fourth-order valence-corrected chi connectivity index (χ4v) is 4.72. The van der Waals surface area contributed by atoms with E-state index in [0.29, 0.717) is 12.3 Å². The van der Waals surface area contributed by atoms with Gasteiger partial charge in [0.15, 0.2) is 0 Å². The molecule has 0 aliphatic rings. The maximum Gasteiger partial charge on any atom is 0.303 e. The Hall–Kier alpha value is -3.40. The minimum atomic E-state index is -0.761. The summed E-state index contributed by atoms with van der Waals surface area (Å²) in [5.41, 5.74) is 9.74. The van der Waals surface area contributed by atoms with Crippen molar-refractivity contribution in [1.29, 1.82) is 0 Å². The maximum atomic E-state index is 11.2. The van der Waals surface area contributed by atoms with Crippen molar-refractivity contribution in [2.75, 3.05) is 0 Å². The third-order valence-corrected chi connectivity index (χ3v) is 6.58. The summed E-state index contributed by atoms with van der Waals surface area (Å²) in [7, 11) is 1.95. The molecule has 0 aliphatic heterocycles. The lowest BCUT2D eigenvalue weighted by molar-refractivity contribution is -0.136. The molecule has 4 heteroatoms. The SMILES string of the molecule is Cc1cc(CCc2ccc(CC(C)C)cc2)c(-c2ccc3c(cnn3C)c2)cc1CCC(=O)O. The Morgan fingerprint density at radius 1 is 0.941 bits per heavy atom.